The summed E-state index contributed by atoms with van der Waals surface area (Å²) in [4.78, 5) is 31.9. The van der Waals surface area contributed by atoms with E-state index in [0.717, 1.165) is 30.5 Å². The van der Waals surface area contributed by atoms with Crippen LogP contribution in [0.3, 0.4) is 0 Å². The van der Waals surface area contributed by atoms with Crippen LogP contribution in [-0.2, 0) is 4.79 Å². The molecule has 0 saturated carbocycles. The summed E-state index contributed by atoms with van der Waals surface area (Å²) in [5.74, 6) is -0.387. The Morgan fingerprint density at radius 3 is 2.82 bits per heavy atom. The molecule has 1 saturated heterocycles. The monoisotopic (exact) mass is 459 g/mol. The average molecular weight is 460 g/mol. The second kappa shape index (κ2) is 9.02. The van der Waals surface area contributed by atoms with Crippen LogP contribution in [0, 0.1) is 6.92 Å². The molecule has 1 fully saturated rings. The standard InChI is InChI=1S/C23H25N9O2/c1-14-4-3-6-31(14)13-21(33)27-18-9-19(15(2)24-12-18)28-23(34)22-30-29-20-8-16(5-7-32(20)22)17-10-25-26-11-17/h5,7-12,14H,3-4,6,13H2,1-2H3,(H,25,26)(H,27,33)(H,28,34)/t14-/m1/s1. The summed E-state index contributed by atoms with van der Waals surface area (Å²) in [6.45, 7) is 5.18. The fraction of sp³-hybridized carbons (Fsp3) is 0.304. The van der Waals surface area contributed by atoms with Crippen molar-refractivity contribution < 1.29 is 9.59 Å². The Balaban J connectivity index is 1.30. The molecule has 1 aliphatic heterocycles. The number of H-pyrrole nitrogens is 1. The third kappa shape index (κ3) is 4.37. The van der Waals surface area contributed by atoms with Gasteiger partial charge in [-0.1, -0.05) is 0 Å². The number of fused-ring (bicyclic) bond motifs is 1. The van der Waals surface area contributed by atoms with Crippen LogP contribution in [0.2, 0.25) is 0 Å². The number of nitrogens with zero attached hydrogens (tertiary/aromatic N) is 6. The molecule has 4 aromatic heterocycles. The molecular weight excluding hydrogens is 434 g/mol. The summed E-state index contributed by atoms with van der Waals surface area (Å²) in [7, 11) is 0. The van der Waals surface area contributed by atoms with Gasteiger partial charge in [0.05, 0.1) is 36.0 Å². The van der Waals surface area contributed by atoms with Crippen molar-refractivity contribution in [3.8, 4) is 11.1 Å². The van der Waals surface area contributed by atoms with E-state index in [2.05, 4.69) is 47.8 Å². The van der Waals surface area contributed by atoms with Gasteiger partial charge in [-0.25, -0.2) is 0 Å². The lowest BCUT2D eigenvalue weighted by Gasteiger charge is -2.20. The van der Waals surface area contributed by atoms with Crippen LogP contribution in [0.5, 0.6) is 0 Å². The van der Waals surface area contributed by atoms with Crippen molar-refractivity contribution in [1.29, 1.82) is 0 Å². The molecular formula is C23H25N9O2. The largest absolute Gasteiger partial charge is 0.324 e. The second-order valence-electron chi connectivity index (χ2n) is 8.48. The molecule has 4 aromatic rings. The molecule has 0 unspecified atom stereocenters. The van der Waals surface area contributed by atoms with Crippen molar-refractivity contribution in [2.45, 2.75) is 32.7 Å². The summed E-state index contributed by atoms with van der Waals surface area (Å²) >= 11 is 0. The van der Waals surface area contributed by atoms with Gasteiger partial charge >= 0.3 is 0 Å². The Morgan fingerprint density at radius 2 is 2.06 bits per heavy atom. The lowest BCUT2D eigenvalue weighted by atomic mass is 10.1. The van der Waals surface area contributed by atoms with Crippen molar-refractivity contribution in [2.75, 3.05) is 23.7 Å². The summed E-state index contributed by atoms with van der Waals surface area (Å²) in [6.07, 6.45) is 9.04. The number of nitrogens with one attached hydrogen (secondary N) is 3. The van der Waals surface area contributed by atoms with Gasteiger partial charge < -0.3 is 10.6 Å². The highest BCUT2D eigenvalue weighted by atomic mass is 16.2. The van der Waals surface area contributed by atoms with Crippen molar-refractivity contribution in [3.05, 3.63) is 54.5 Å². The molecule has 3 N–H and O–H groups in total. The zero-order valence-electron chi connectivity index (χ0n) is 18.9. The van der Waals surface area contributed by atoms with Gasteiger partial charge in [-0.3, -0.25) is 29.0 Å². The topological polar surface area (TPSA) is 133 Å². The third-order valence-corrected chi connectivity index (χ3v) is 6.10. The first kappa shape index (κ1) is 21.7. The van der Waals surface area contributed by atoms with E-state index in [1.807, 2.05) is 12.1 Å². The molecule has 34 heavy (non-hydrogen) atoms. The van der Waals surface area contributed by atoms with Gasteiger partial charge in [0.2, 0.25) is 11.7 Å². The van der Waals surface area contributed by atoms with E-state index in [-0.39, 0.29) is 11.7 Å². The van der Waals surface area contributed by atoms with E-state index in [9.17, 15) is 9.59 Å². The zero-order chi connectivity index (χ0) is 23.7. The molecule has 1 atom stereocenters. The molecule has 0 radical (unpaired) electrons. The van der Waals surface area contributed by atoms with Gasteiger partial charge in [-0.05, 0) is 57.0 Å². The summed E-state index contributed by atoms with van der Waals surface area (Å²) in [5.41, 5.74) is 3.99. The molecule has 174 valence electrons. The average Bonchev–Trinajstić information content (AvgIpc) is 3.57. The molecule has 0 spiro atoms. The first-order valence-electron chi connectivity index (χ1n) is 11.1. The van der Waals surface area contributed by atoms with E-state index in [0.29, 0.717) is 35.3 Å². The lowest BCUT2D eigenvalue weighted by Crippen LogP contribution is -2.35. The number of amides is 2. The van der Waals surface area contributed by atoms with Crippen molar-refractivity contribution >= 4 is 28.8 Å². The van der Waals surface area contributed by atoms with E-state index < -0.39 is 5.91 Å². The van der Waals surface area contributed by atoms with E-state index in [1.165, 1.54) is 0 Å². The van der Waals surface area contributed by atoms with Gasteiger partial charge in [-0.2, -0.15) is 5.10 Å². The molecule has 0 aliphatic carbocycles. The van der Waals surface area contributed by atoms with Crippen LogP contribution in [0.15, 0.2) is 43.0 Å². The van der Waals surface area contributed by atoms with Crippen molar-refractivity contribution in [3.63, 3.8) is 0 Å². The Bertz CT molecular complexity index is 1350. The first-order valence-corrected chi connectivity index (χ1v) is 11.1. The number of hydrogen-bond donors (Lipinski definition) is 3. The molecule has 11 nitrogen and oxygen atoms in total. The highest BCUT2D eigenvalue weighted by molar-refractivity contribution is 6.03. The van der Waals surface area contributed by atoms with Crippen molar-refractivity contribution in [1.82, 2.24) is 34.7 Å². The normalized spacial score (nSPS) is 16.1. The molecule has 5 heterocycles. The van der Waals surface area contributed by atoms with Gasteiger partial charge in [0.1, 0.15) is 0 Å². The van der Waals surface area contributed by atoms with Crippen molar-refractivity contribution in [2.24, 2.45) is 0 Å². The van der Waals surface area contributed by atoms with Gasteiger partial charge in [-0.15, -0.1) is 10.2 Å². The number of pyridine rings is 2. The number of aryl methyl sites for hydroxylation is 1. The number of likely N-dealkylation sites (tertiary alicyclic amines) is 1. The molecule has 0 bridgehead atoms. The fourth-order valence-corrected chi connectivity index (χ4v) is 4.15. The third-order valence-electron chi connectivity index (χ3n) is 6.10. The molecule has 1 aliphatic rings. The molecule has 5 rings (SSSR count). The van der Waals surface area contributed by atoms with E-state index in [4.69, 9.17) is 0 Å². The summed E-state index contributed by atoms with van der Waals surface area (Å²) < 4.78 is 1.62. The number of carbonyl (C=O) groups excluding carboxylic acids is 2. The predicted molar refractivity (Wildman–Crippen MR) is 126 cm³/mol. The van der Waals surface area contributed by atoms with Crippen LogP contribution in [0.25, 0.3) is 16.8 Å². The lowest BCUT2D eigenvalue weighted by molar-refractivity contribution is -0.117. The highest BCUT2D eigenvalue weighted by Gasteiger charge is 2.22. The summed E-state index contributed by atoms with van der Waals surface area (Å²) in [5, 5.41) is 20.6. The van der Waals surface area contributed by atoms with Crippen LogP contribution in [0.4, 0.5) is 11.4 Å². The maximum absolute atomic E-state index is 13.0. The molecule has 0 aromatic carbocycles. The van der Waals surface area contributed by atoms with Crippen LogP contribution in [-0.4, -0.2) is 65.6 Å². The number of hydrogen-bond acceptors (Lipinski definition) is 7. The maximum Gasteiger partial charge on any atom is 0.294 e. The van der Waals surface area contributed by atoms with E-state index in [1.54, 1.807) is 42.2 Å². The Kier molecular flexibility index (Phi) is 5.76. The minimum absolute atomic E-state index is 0.103. The van der Waals surface area contributed by atoms with Gasteiger partial charge in [0.15, 0.2) is 5.65 Å². The molecule has 11 heteroatoms. The Morgan fingerprint density at radius 1 is 1.18 bits per heavy atom. The van der Waals surface area contributed by atoms with Crippen LogP contribution < -0.4 is 10.6 Å². The van der Waals surface area contributed by atoms with Crippen LogP contribution >= 0.6 is 0 Å². The quantitative estimate of drug-likeness (QED) is 0.403. The Hall–Kier alpha value is -4.12. The van der Waals surface area contributed by atoms with Gasteiger partial charge in [0, 0.05) is 24.0 Å². The highest BCUT2D eigenvalue weighted by Crippen LogP contribution is 2.22. The SMILES string of the molecule is Cc1ncc(NC(=O)CN2CCC[C@H]2C)cc1NC(=O)c1nnc2cc(-c3cn[nH]c3)ccn12. The van der Waals surface area contributed by atoms with E-state index >= 15 is 0 Å². The Labute approximate surface area is 195 Å². The summed E-state index contributed by atoms with van der Waals surface area (Å²) in [6, 6.07) is 5.80. The molecule has 2 amide bonds. The fourth-order valence-electron chi connectivity index (χ4n) is 4.15. The number of anilines is 2. The van der Waals surface area contributed by atoms with Crippen LogP contribution in [0.1, 0.15) is 36.1 Å². The minimum Gasteiger partial charge on any atom is -0.324 e. The number of aromatic amines is 1. The second-order valence-corrected chi connectivity index (χ2v) is 8.48. The number of rotatable bonds is 6. The smallest absolute Gasteiger partial charge is 0.294 e. The zero-order valence-corrected chi connectivity index (χ0v) is 18.9. The first-order chi connectivity index (χ1) is 16.5. The number of aromatic nitrogens is 6. The maximum atomic E-state index is 13.0. The van der Waals surface area contributed by atoms with Gasteiger partial charge in [0.25, 0.3) is 5.91 Å². The minimum atomic E-state index is -0.428. The number of carbonyl (C=O) groups is 2. The predicted octanol–water partition coefficient (Wildman–Crippen LogP) is 2.50.